The molecule has 3 nitrogen and oxygen atoms in total. The summed E-state index contributed by atoms with van der Waals surface area (Å²) in [6.07, 6.45) is -5.31. The van der Waals surface area contributed by atoms with Crippen LogP contribution in [0.4, 0.5) is 17.6 Å². The predicted molar refractivity (Wildman–Crippen MR) is 89.1 cm³/mol. The highest BCUT2D eigenvalue weighted by molar-refractivity contribution is 5.65. The first kappa shape index (κ1) is 18.8. The molecule has 3 rings (SSSR count). The fourth-order valence-corrected chi connectivity index (χ4v) is 2.95. The van der Waals surface area contributed by atoms with Crippen LogP contribution >= 0.6 is 0 Å². The van der Waals surface area contributed by atoms with E-state index < -0.39 is 23.7 Å². The molecule has 0 saturated carbocycles. The number of β-amino-alcohol motifs (C(OH)–C–C–N with tert-alkyl or cyclic N) is 1. The molecular weight excluding hydrogens is 350 g/mol. The normalized spacial score (nSPS) is 17.3. The molecule has 2 aromatic rings. The highest BCUT2D eigenvalue weighted by Gasteiger charge is 2.31. The Bertz CT molecular complexity index is 740. The first-order chi connectivity index (χ1) is 12.3. The average Bonchev–Trinajstić information content (AvgIpc) is 2.61. The van der Waals surface area contributed by atoms with Gasteiger partial charge in [0.05, 0.1) is 24.9 Å². The van der Waals surface area contributed by atoms with E-state index in [1.807, 2.05) is 0 Å². The van der Waals surface area contributed by atoms with Gasteiger partial charge in [0.15, 0.2) is 0 Å². The molecule has 1 aliphatic rings. The first-order valence-electron chi connectivity index (χ1n) is 8.29. The lowest BCUT2D eigenvalue weighted by Gasteiger charge is -2.28. The quantitative estimate of drug-likeness (QED) is 0.831. The van der Waals surface area contributed by atoms with Crippen LogP contribution < -0.4 is 0 Å². The molecule has 1 atom stereocenters. The number of hydrogen-bond acceptors (Lipinski definition) is 3. The van der Waals surface area contributed by atoms with Crippen LogP contribution in [0.5, 0.6) is 0 Å². The molecule has 0 amide bonds. The van der Waals surface area contributed by atoms with Crippen LogP contribution in [0.3, 0.4) is 0 Å². The minimum Gasteiger partial charge on any atom is -0.387 e. The Morgan fingerprint density at radius 1 is 1.00 bits per heavy atom. The van der Waals surface area contributed by atoms with Crippen LogP contribution in [-0.4, -0.2) is 42.9 Å². The summed E-state index contributed by atoms with van der Waals surface area (Å²) in [5.41, 5.74) is 0.237. The van der Waals surface area contributed by atoms with Gasteiger partial charge in [0.1, 0.15) is 5.82 Å². The Morgan fingerprint density at radius 3 is 2.27 bits per heavy atom. The number of ether oxygens (including phenoxy) is 1. The number of benzene rings is 2. The zero-order valence-corrected chi connectivity index (χ0v) is 14.0. The summed E-state index contributed by atoms with van der Waals surface area (Å²) in [7, 11) is 0. The van der Waals surface area contributed by atoms with E-state index in [4.69, 9.17) is 4.74 Å². The molecule has 1 N–H and O–H groups in total. The topological polar surface area (TPSA) is 32.7 Å². The van der Waals surface area contributed by atoms with Crippen LogP contribution in [0.25, 0.3) is 11.1 Å². The molecule has 1 heterocycles. The monoisotopic (exact) mass is 369 g/mol. The summed E-state index contributed by atoms with van der Waals surface area (Å²) < 4.78 is 57.3. The van der Waals surface area contributed by atoms with Gasteiger partial charge >= 0.3 is 6.18 Å². The van der Waals surface area contributed by atoms with E-state index in [9.17, 15) is 22.7 Å². The van der Waals surface area contributed by atoms with Crippen molar-refractivity contribution in [2.75, 3.05) is 32.8 Å². The van der Waals surface area contributed by atoms with Crippen LogP contribution in [0.2, 0.25) is 0 Å². The lowest BCUT2D eigenvalue weighted by molar-refractivity contribution is -0.137. The maximum absolute atomic E-state index is 13.6. The lowest BCUT2D eigenvalue weighted by atomic mass is 9.99. The molecule has 140 valence electrons. The summed E-state index contributed by atoms with van der Waals surface area (Å²) in [6.45, 7) is 3.22. The van der Waals surface area contributed by atoms with Crippen molar-refractivity contribution in [1.82, 2.24) is 4.90 Å². The van der Waals surface area contributed by atoms with Gasteiger partial charge in [-0.2, -0.15) is 13.2 Å². The minimum absolute atomic E-state index is 0.145. The number of hydrogen-bond donors (Lipinski definition) is 1. The Hall–Kier alpha value is -1.96. The van der Waals surface area contributed by atoms with Crippen molar-refractivity contribution in [3.63, 3.8) is 0 Å². The Morgan fingerprint density at radius 2 is 1.65 bits per heavy atom. The molecule has 2 aromatic carbocycles. The zero-order valence-electron chi connectivity index (χ0n) is 14.0. The lowest BCUT2D eigenvalue weighted by Crippen LogP contribution is -2.38. The summed E-state index contributed by atoms with van der Waals surface area (Å²) in [6, 6.07) is 8.94. The molecule has 0 spiro atoms. The molecule has 1 aliphatic heterocycles. The average molecular weight is 369 g/mol. The van der Waals surface area contributed by atoms with E-state index in [1.54, 1.807) is 24.3 Å². The van der Waals surface area contributed by atoms with E-state index in [1.165, 1.54) is 0 Å². The van der Waals surface area contributed by atoms with Crippen molar-refractivity contribution in [2.24, 2.45) is 0 Å². The highest BCUT2D eigenvalue weighted by Crippen LogP contribution is 2.33. The molecular formula is C19H19F4NO2. The van der Waals surface area contributed by atoms with Gasteiger partial charge in [-0.05, 0) is 34.9 Å². The smallest absolute Gasteiger partial charge is 0.387 e. The fraction of sp³-hybridized carbons (Fsp3) is 0.368. The second-order valence-electron chi connectivity index (χ2n) is 6.28. The molecule has 0 unspecified atom stereocenters. The third-order valence-corrected chi connectivity index (χ3v) is 4.39. The largest absolute Gasteiger partial charge is 0.416 e. The number of aliphatic hydroxyl groups excluding tert-OH is 1. The van der Waals surface area contributed by atoms with Crippen molar-refractivity contribution in [3.8, 4) is 11.1 Å². The van der Waals surface area contributed by atoms with Crippen molar-refractivity contribution in [2.45, 2.75) is 12.3 Å². The second-order valence-corrected chi connectivity index (χ2v) is 6.28. The number of alkyl halides is 3. The Labute approximate surface area is 148 Å². The van der Waals surface area contributed by atoms with E-state index in [0.717, 1.165) is 25.2 Å². The highest BCUT2D eigenvalue weighted by atomic mass is 19.4. The fourth-order valence-electron chi connectivity index (χ4n) is 2.95. The van der Waals surface area contributed by atoms with Crippen molar-refractivity contribution >= 4 is 0 Å². The van der Waals surface area contributed by atoms with Crippen LogP contribution in [-0.2, 0) is 10.9 Å². The van der Waals surface area contributed by atoms with Gasteiger partial charge in [-0.15, -0.1) is 0 Å². The standard InChI is InChI=1S/C19H19F4NO2/c20-17-10-15(9-16(11-17)19(21,22)23)13-1-3-14(4-2-13)18(25)12-24-5-7-26-8-6-24/h1-4,9-11,18,25H,5-8,12H2/t18-/m1/s1. The van der Waals surface area contributed by atoms with Crippen molar-refractivity contribution in [3.05, 3.63) is 59.4 Å². The summed E-state index contributed by atoms with van der Waals surface area (Å²) in [4.78, 5) is 2.09. The maximum Gasteiger partial charge on any atom is 0.416 e. The van der Waals surface area contributed by atoms with Gasteiger partial charge in [0.2, 0.25) is 0 Å². The molecule has 26 heavy (non-hydrogen) atoms. The number of rotatable bonds is 4. The van der Waals surface area contributed by atoms with Gasteiger partial charge in [0.25, 0.3) is 0 Å². The number of aliphatic hydroxyl groups is 1. The van der Waals surface area contributed by atoms with E-state index in [0.29, 0.717) is 37.0 Å². The number of halogens is 4. The third-order valence-electron chi connectivity index (χ3n) is 4.39. The molecule has 0 bridgehead atoms. The van der Waals surface area contributed by atoms with Gasteiger partial charge in [-0.1, -0.05) is 24.3 Å². The summed E-state index contributed by atoms with van der Waals surface area (Å²) in [5.74, 6) is -0.939. The maximum atomic E-state index is 13.6. The molecule has 7 heteroatoms. The van der Waals surface area contributed by atoms with E-state index in [2.05, 4.69) is 4.90 Å². The van der Waals surface area contributed by atoms with Gasteiger partial charge in [-0.3, -0.25) is 4.90 Å². The van der Waals surface area contributed by atoms with E-state index >= 15 is 0 Å². The summed E-state index contributed by atoms with van der Waals surface area (Å²) in [5, 5.41) is 10.3. The van der Waals surface area contributed by atoms with Gasteiger partial charge in [0, 0.05) is 19.6 Å². The Balaban J connectivity index is 1.76. The molecule has 1 fully saturated rings. The minimum atomic E-state index is -4.61. The number of morpholine rings is 1. The van der Waals surface area contributed by atoms with Crippen LogP contribution in [0, 0.1) is 5.82 Å². The van der Waals surface area contributed by atoms with Crippen LogP contribution in [0.1, 0.15) is 17.2 Å². The van der Waals surface area contributed by atoms with E-state index in [-0.39, 0.29) is 5.56 Å². The molecule has 0 aliphatic carbocycles. The predicted octanol–water partition coefficient (Wildman–Crippen LogP) is 3.88. The van der Waals surface area contributed by atoms with Gasteiger partial charge < -0.3 is 9.84 Å². The second kappa shape index (κ2) is 7.73. The number of nitrogens with zero attached hydrogens (tertiary/aromatic N) is 1. The zero-order chi connectivity index (χ0) is 18.7. The van der Waals surface area contributed by atoms with Crippen LogP contribution in [0.15, 0.2) is 42.5 Å². The van der Waals surface area contributed by atoms with Crippen molar-refractivity contribution < 1.29 is 27.4 Å². The molecule has 0 aromatic heterocycles. The summed E-state index contributed by atoms with van der Waals surface area (Å²) >= 11 is 0. The third kappa shape index (κ3) is 4.60. The Kier molecular flexibility index (Phi) is 5.60. The van der Waals surface area contributed by atoms with Crippen molar-refractivity contribution in [1.29, 1.82) is 0 Å². The van der Waals surface area contributed by atoms with Gasteiger partial charge in [-0.25, -0.2) is 4.39 Å². The first-order valence-corrected chi connectivity index (χ1v) is 8.29. The molecule has 0 radical (unpaired) electrons. The molecule has 1 saturated heterocycles. The SMILES string of the molecule is O[C@H](CN1CCOCC1)c1ccc(-c2cc(F)cc(C(F)(F)F)c2)cc1.